The number of halogens is 1. The Balaban J connectivity index is 1.30. The number of anilines is 1. The fourth-order valence-electron chi connectivity index (χ4n) is 3.74. The Morgan fingerprint density at radius 3 is 2.68 bits per heavy atom. The standard InChI is InChI=1S/C23H25FN4O3/c1-15-3-8-20(30-2)19(13-15)25-22(29)16-9-11-28(12-10-16)14-21-26-23(31-27-21)17-4-6-18(24)7-5-17/h3-8,13,16H,9-12,14H2,1-2H3,(H,25,29). The summed E-state index contributed by atoms with van der Waals surface area (Å²) in [5.41, 5.74) is 2.45. The predicted molar refractivity (Wildman–Crippen MR) is 114 cm³/mol. The molecule has 0 aliphatic carbocycles. The van der Waals surface area contributed by atoms with E-state index in [0.717, 1.165) is 31.5 Å². The molecule has 1 aliphatic heterocycles. The number of carbonyl (C=O) groups excluding carboxylic acids is 1. The van der Waals surface area contributed by atoms with Gasteiger partial charge in [0.25, 0.3) is 5.89 Å². The first-order valence-electron chi connectivity index (χ1n) is 10.3. The van der Waals surface area contributed by atoms with Crippen LogP contribution in [-0.4, -0.2) is 41.1 Å². The lowest BCUT2D eigenvalue weighted by atomic mass is 9.95. The first-order chi connectivity index (χ1) is 15.0. The summed E-state index contributed by atoms with van der Waals surface area (Å²) in [6, 6.07) is 11.7. The second-order valence-electron chi connectivity index (χ2n) is 7.77. The second kappa shape index (κ2) is 9.26. The van der Waals surface area contributed by atoms with Gasteiger partial charge in [0.15, 0.2) is 5.82 Å². The van der Waals surface area contributed by atoms with Crippen molar-refractivity contribution in [2.45, 2.75) is 26.3 Å². The number of rotatable bonds is 6. The van der Waals surface area contributed by atoms with Crippen LogP contribution in [0.4, 0.5) is 10.1 Å². The smallest absolute Gasteiger partial charge is 0.257 e. The van der Waals surface area contributed by atoms with Crippen LogP contribution < -0.4 is 10.1 Å². The van der Waals surface area contributed by atoms with Crippen LogP contribution in [0.1, 0.15) is 24.2 Å². The molecule has 31 heavy (non-hydrogen) atoms. The highest BCUT2D eigenvalue weighted by Gasteiger charge is 2.26. The van der Waals surface area contributed by atoms with Crippen molar-refractivity contribution in [1.29, 1.82) is 0 Å². The highest BCUT2D eigenvalue weighted by molar-refractivity contribution is 5.94. The van der Waals surface area contributed by atoms with E-state index < -0.39 is 0 Å². The molecule has 4 rings (SSSR count). The minimum Gasteiger partial charge on any atom is -0.495 e. The number of nitrogens with one attached hydrogen (secondary N) is 1. The largest absolute Gasteiger partial charge is 0.495 e. The highest BCUT2D eigenvalue weighted by Crippen LogP contribution is 2.27. The van der Waals surface area contributed by atoms with Crippen molar-refractivity contribution in [2.75, 3.05) is 25.5 Å². The Bertz CT molecular complexity index is 1040. The van der Waals surface area contributed by atoms with Gasteiger partial charge in [-0.25, -0.2) is 4.39 Å². The van der Waals surface area contributed by atoms with Crippen LogP contribution in [0, 0.1) is 18.7 Å². The van der Waals surface area contributed by atoms with Gasteiger partial charge in [0.2, 0.25) is 5.91 Å². The van der Waals surface area contributed by atoms with Crippen LogP contribution in [0.3, 0.4) is 0 Å². The van der Waals surface area contributed by atoms with Crippen LogP contribution in [0.2, 0.25) is 0 Å². The second-order valence-corrected chi connectivity index (χ2v) is 7.77. The molecule has 0 saturated carbocycles. The summed E-state index contributed by atoms with van der Waals surface area (Å²) in [6.07, 6.45) is 1.51. The SMILES string of the molecule is COc1ccc(C)cc1NC(=O)C1CCN(Cc2noc(-c3ccc(F)cc3)n2)CC1. The molecular weight excluding hydrogens is 399 g/mol. The molecule has 1 aliphatic rings. The molecule has 1 aromatic heterocycles. The fourth-order valence-corrected chi connectivity index (χ4v) is 3.74. The van der Waals surface area contributed by atoms with Gasteiger partial charge in [0.1, 0.15) is 11.6 Å². The van der Waals surface area contributed by atoms with Gasteiger partial charge in [-0.05, 0) is 74.8 Å². The minimum atomic E-state index is -0.309. The topological polar surface area (TPSA) is 80.5 Å². The van der Waals surface area contributed by atoms with E-state index in [4.69, 9.17) is 9.26 Å². The first kappa shape index (κ1) is 21.0. The van der Waals surface area contributed by atoms with Crippen molar-refractivity contribution < 1.29 is 18.4 Å². The zero-order valence-corrected chi connectivity index (χ0v) is 17.6. The average molecular weight is 424 g/mol. The predicted octanol–water partition coefficient (Wildman–Crippen LogP) is 4.04. The van der Waals surface area contributed by atoms with E-state index >= 15 is 0 Å². The molecule has 0 radical (unpaired) electrons. The van der Waals surface area contributed by atoms with Crippen molar-refractivity contribution in [2.24, 2.45) is 5.92 Å². The van der Waals surface area contributed by atoms with Gasteiger partial charge in [0, 0.05) is 11.5 Å². The molecule has 0 atom stereocenters. The van der Waals surface area contributed by atoms with E-state index in [1.54, 1.807) is 19.2 Å². The third kappa shape index (κ3) is 5.08. The number of aryl methyl sites for hydroxylation is 1. The number of nitrogens with zero attached hydrogens (tertiary/aromatic N) is 3. The lowest BCUT2D eigenvalue weighted by Gasteiger charge is -2.30. The summed E-state index contributed by atoms with van der Waals surface area (Å²) in [4.78, 5) is 19.4. The molecule has 8 heteroatoms. The molecule has 3 aromatic rings. The van der Waals surface area contributed by atoms with Crippen molar-refractivity contribution in [3.05, 3.63) is 59.7 Å². The first-order valence-corrected chi connectivity index (χ1v) is 10.3. The maximum Gasteiger partial charge on any atom is 0.257 e. The van der Waals surface area contributed by atoms with Crippen molar-refractivity contribution >= 4 is 11.6 Å². The summed E-state index contributed by atoms with van der Waals surface area (Å²) in [7, 11) is 1.60. The highest BCUT2D eigenvalue weighted by atomic mass is 19.1. The third-order valence-corrected chi connectivity index (χ3v) is 5.50. The maximum absolute atomic E-state index is 13.1. The normalized spacial score (nSPS) is 15.1. The number of carbonyl (C=O) groups is 1. The van der Waals surface area contributed by atoms with Gasteiger partial charge >= 0.3 is 0 Å². The van der Waals surface area contributed by atoms with E-state index in [-0.39, 0.29) is 17.6 Å². The number of hydrogen-bond donors (Lipinski definition) is 1. The number of likely N-dealkylation sites (tertiary alicyclic amines) is 1. The van der Waals surface area contributed by atoms with E-state index in [2.05, 4.69) is 20.4 Å². The van der Waals surface area contributed by atoms with Gasteiger partial charge in [0.05, 0.1) is 19.3 Å². The van der Waals surface area contributed by atoms with Gasteiger partial charge in [-0.1, -0.05) is 11.2 Å². The van der Waals surface area contributed by atoms with Crippen molar-refractivity contribution in [1.82, 2.24) is 15.0 Å². The minimum absolute atomic E-state index is 0.0155. The van der Waals surface area contributed by atoms with E-state index in [1.165, 1.54) is 12.1 Å². The fraction of sp³-hybridized carbons (Fsp3) is 0.348. The summed E-state index contributed by atoms with van der Waals surface area (Å²) >= 11 is 0. The Labute approximate surface area is 180 Å². The number of ether oxygens (including phenoxy) is 1. The van der Waals surface area contributed by atoms with Crippen molar-refractivity contribution in [3.8, 4) is 17.2 Å². The molecule has 0 bridgehead atoms. The Morgan fingerprint density at radius 1 is 1.23 bits per heavy atom. The molecule has 1 N–H and O–H groups in total. The number of piperidine rings is 1. The molecular formula is C23H25FN4O3. The quantitative estimate of drug-likeness (QED) is 0.643. The Morgan fingerprint density at radius 2 is 1.97 bits per heavy atom. The van der Waals surface area contributed by atoms with Crippen LogP contribution in [0.25, 0.3) is 11.5 Å². The summed E-state index contributed by atoms with van der Waals surface area (Å²) in [6.45, 7) is 4.06. The van der Waals surface area contributed by atoms with Gasteiger partial charge in [-0.2, -0.15) is 4.98 Å². The summed E-state index contributed by atoms with van der Waals surface area (Å²) in [5, 5.41) is 7.04. The van der Waals surface area contributed by atoms with Gasteiger partial charge in [-0.15, -0.1) is 0 Å². The molecule has 2 aromatic carbocycles. The monoisotopic (exact) mass is 424 g/mol. The molecule has 2 heterocycles. The molecule has 1 saturated heterocycles. The summed E-state index contributed by atoms with van der Waals surface area (Å²) < 4.78 is 23.7. The van der Waals surface area contributed by atoms with Gasteiger partial charge in [-0.3, -0.25) is 9.69 Å². The lowest BCUT2D eigenvalue weighted by Crippen LogP contribution is -2.38. The van der Waals surface area contributed by atoms with Crippen LogP contribution in [0.15, 0.2) is 47.0 Å². The van der Waals surface area contributed by atoms with Crippen LogP contribution in [0.5, 0.6) is 5.75 Å². The van der Waals surface area contributed by atoms with Gasteiger partial charge < -0.3 is 14.6 Å². The number of aromatic nitrogens is 2. The number of hydrogen-bond acceptors (Lipinski definition) is 6. The molecule has 0 unspecified atom stereocenters. The van der Waals surface area contributed by atoms with E-state index in [1.807, 2.05) is 25.1 Å². The molecule has 7 nitrogen and oxygen atoms in total. The third-order valence-electron chi connectivity index (χ3n) is 5.50. The summed E-state index contributed by atoms with van der Waals surface area (Å²) in [5.74, 6) is 1.26. The van der Waals surface area contributed by atoms with Crippen LogP contribution in [-0.2, 0) is 11.3 Å². The maximum atomic E-state index is 13.1. The molecule has 162 valence electrons. The number of methoxy groups -OCH3 is 1. The lowest BCUT2D eigenvalue weighted by molar-refractivity contribution is -0.121. The van der Waals surface area contributed by atoms with Crippen LogP contribution >= 0.6 is 0 Å². The molecule has 1 amide bonds. The van der Waals surface area contributed by atoms with E-state index in [9.17, 15) is 9.18 Å². The zero-order valence-electron chi connectivity index (χ0n) is 17.6. The molecule has 0 spiro atoms. The average Bonchev–Trinajstić information content (AvgIpc) is 3.23. The number of benzene rings is 2. The zero-order chi connectivity index (χ0) is 21.8. The molecule has 1 fully saturated rings. The Hall–Kier alpha value is -3.26. The Kier molecular flexibility index (Phi) is 6.27. The van der Waals surface area contributed by atoms with E-state index in [0.29, 0.717) is 35.3 Å². The number of amides is 1. The van der Waals surface area contributed by atoms with Crippen molar-refractivity contribution in [3.63, 3.8) is 0 Å².